The van der Waals surface area contributed by atoms with E-state index in [0.717, 1.165) is 27.8 Å². The maximum atomic E-state index is 13.3. The Labute approximate surface area is 185 Å². The molecule has 6 heteroatoms. The molecule has 0 unspecified atom stereocenters. The van der Waals surface area contributed by atoms with Crippen LogP contribution in [0.5, 0.6) is 5.75 Å². The smallest absolute Gasteiger partial charge is 0.267 e. The normalized spacial score (nSPS) is 10.9. The Morgan fingerprint density at radius 2 is 2.00 bits per heavy atom. The minimum Gasteiger partial charge on any atom is -0.497 e. The fraction of sp³-hybridized carbons (Fsp3) is 0.0769. The molecule has 2 aromatic carbocycles. The molecule has 2 N–H and O–H groups in total. The quantitative estimate of drug-likeness (QED) is 0.447. The summed E-state index contributed by atoms with van der Waals surface area (Å²) in [5.74, 6) is 4.28. The number of aromatic amines is 1. The first-order chi connectivity index (χ1) is 15.6. The summed E-state index contributed by atoms with van der Waals surface area (Å²) in [6.45, 7) is 3.78. The Balaban J connectivity index is 1.89. The van der Waals surface area contributed by atoms with Crippen molar-refractivity contribution < 1.29 is 4.74 Å². The number of rotatable bonds is 6. The van der Waals surface area contributed by atoms with E-state index in [4.69, 9.17) is 11.2 Å². The standard InChI is InChI=1S/C26H22N4O2/c1-5-17-7-10-19(11-8-17)30-24(29-25(27-3)21(6-2)26(30)31)14-9-18-16-28-23-13-12-20(32-4)15-22(18)23/h1,6-16,27-28H,2H2,3-4H3/b14-9+. The van der Waals surface area contributed by atoms with Crippen molar-refractivity contribution in [2.45, 2.75) is 0 Å². The predicted molar refractivity (Wildman–Crippen MR) is 131 cm³/mol. The fourth-order valence-corrected chi connectivity index (χ4v) is 3.54. The molecule has 4 aromatic rings. The van der Waals surface area contributed by atoms with Gasteiger partial charge in [0, 0.05) is 35.3 Å². The molecule has 0 aliphatic heterocycles. The number of terminal acetylenes is 1. The van der Waals surface area contributed by atoms with Crippen LogP contribution in [0.15, 0.2) is 60.0 Å². The lowest BCUT2D eigenvalue weighted by molar-refractivity contribution is 0.415. The van der Waals surface area contributed by atoms with Crippen LogP contribution in [-0.4, -0.2) is 28.7 Å². The number of ether oxygens (including phenoxy) is 1. The first-order valence-electron chi connectivity index (χ1n) is 9.97. The molecule has 0 aliphatic rings. The van der Waals surface area contributed by atoms with Crippen molar-refractivity contribution in [2.24, 2.45) is 0 Å². The van der Waals surface area contributed by atoms with E-state index < -0.39 is 0 Å². The predicted octanol–water partition coefficient (Wildman–Crippen LogP) is 4.56. The molecule has 6 nitrogen and oxygen atoms in total. The molecule has 0 fully saturated rings. The summed E-state index contributed by atoms with van der Waals surface area (Å²) in [7, 11) is 3.36. The van der Waals surface area contributed by atoms with Crippen molar-refractivity contribution in [3.8, 4) is 23.8 Å². The molecule has 0 atom stereocenters. The number of hydrogen-bond acceptors (Lipinski definition) is 4. The summed E-state index contributed by atoms with van der Waals surface area (Å²) in [6.07, 6.45) is 12.6. The van der Waals surface area contributed by atoms with Crippen LogP contribution in [0.4, 0.5) is 5.82 Å². The van der Waals surface area contributed by atoms with Gasteiger partial charge in [-0.2, -0.15) is 0 Å². The topological polar surface area (TPSA) is 71.9 Å². The van der Waals surface area contributed by atoms with Crippen LogP contribution in [0.25, 0.3) is 34.8 Å². The third-order valence-electron chi connectivity index (χ3n) is 5.21. The zero-order valence-corrected chi connectivity index (χ0v) is 17.8. The summed E-state index contributed by atoms with van der Waals surface area (Å²) < 4.78 is 6.90. The zero-order chi connectivity index (χ0) is 22.7. The van der Waals surface area contributed by atoms with Gasteiger partial charge in [0.15, 0.2) is 0 Å². The van der Waals surface area contributed by atoms with Crippen molar-refractivity contribution in [1.29, 1.82) is 0 Å². The Bertz CT molecular complexity index is 1430. The van der Waals surface area contributed by atoms with Crippen LogP contribution in [0.3, 0.4) is 0 Å². The van der Waals surface area contributed by atoms with Gasteiger partial charge in [-0.15, -0.1) is 6.42 Å². The molecule has 0 saturated carbocycles. The van der Waals surface area contributed by atoms with Gasteiger partial charge in [0.1, 0.15) is 17.4 Å². The second-order valence-corrected chi connectivity index (χ2v) is 7.01. The molecule has 0 bridgehead atoms. The van der Waals surface area contributed by atoms with E-state index >= 15 is 0 Å². The number of H-pyrrole nitrogens is 1. The number of hydrogen-bond donors (Lipinski definition) is 2. The molecular formula is C26H22N4O2. The average molecular weight is 422 g/mol. The summed E-state index contributed by atoms with van der Waals surface area (Å²) in [5, 5.41) is 3.99. The Morgan fingerprint density at radius 3 is 2.66 bits per heavy atom. The molecule has 2 heterocycles. The molecule has 0 radical (unpaired) electrons. The van der Waals surface area contributed by atoms with Gasteiger partial charge in [-0.05, 0) is 54.6 Å². The average Bonchev–Trinajstić information content (AvgIpc) is 3.24. The maximum Gasteiger partial charge on any atom is 0.267 e. The number of nitrogens with one attached hydrogen (secondary N) is 2. The fourth-order valence-electron chi connectivity index (χ4n) is 3.54. The van der Waals surface area contributed by atoms with Crippen LogP contribution in [0, 0.1) is 12.3 Å². The molecule has 0 aliphatic carbocycles. The van der Waals surface area contributed by atoms with Gasteiger partial charge < -0.3 is 15.0 Å². The first kappa shape index (κ1) is 20.8. The van der Waals surface area contributed by atoms with E-state index in [-0.39, 0.29) is 5.56 Å². The van der Waals surface area contributed by atoms with Crippen LogP contribution in [-0.2, 0) is 0 Å². The van der Waals surface area contributed by atoms with Gasteiger partial charge in [-0.1, -0.05) is 18.6 Å². The molecule has 158 valence electrons. The minimum atomic E-state index is -0.229. The van der Waals surface area contributed by atoms with Crippen LogP contribution in [0.2, 0.25) is 0 Å². The number of anilines is 1. The monoisotopic (exact) mass is 422 g/mol. The highest BCUT2D eigenvalue weighted by atomic mass is 16.5. The van der Waals surface area contributed by atoms with Crippen molar-refractivity contribution in [1.82, 2.24) is 14.5 Å². The summed E-state index contributed by atoms with van der Waals surface area (Å²) in [5.41, 5.74) is 3.48. The van der Waals surface area contributed by atoms with E-state index in [1.165, 1.54) is 6.08 Å². The number of fused-ring (bicyclic) bond motifs is 1. The molecule has 32 heavy (non-hydrogen) atoms. The molecule has 0 spiro atoms. The zero-order valence-electron chi connectivity index (χ0n) is 17.8. The van der Waals surface area contributed by atoms with Gasteiger partial charge in [0.05, 0.1) is 18.4 Å². The molecule has 0 saturated heterocycles. The van der Waals surface area contributed by atoms with E-state index in [1.807, 2.05) is 36.5 Å². The van der Waals surface area contributed by atoms with Crippen molar-refractivity contribution in [3.05, 3.63) is 88.1 Å². The molecule has 0 amide bonds. The number of nitrogens with zero attached hydrogens (tertiary/aromatic N) is 2. The van der Waals surface area contributed by atoms with Gasteiger partial charge in [0.25, 0.3) is 5.56 Å². The first-order valence-corrected chi connectivity index (χ1v) is 9.97. The number of benzene rings is 2. The third kappa shape index (κ3) is 3.68. The Hall–Kier alpha value is -4.50. The highest BCUT2D eigenvalue weighted by Gasteiger charge is 2.14. The van der Waals surface area contributed by atoms with Crippen molar-refractivity contribution >= 4 is 34.9 Å². The lowest BCUT2D eigenvalue weighted by atomic mass is 10.1. The second kappa shape index (κ2) is 8.70. The Kier molecular flexibility index (Phi) is 5.65. The van der Waals surface area contributed by atoms with Gasteiger partial charge >= 0.3 is 0 Å². The molecular weight excluding hydrogens is 400 g/mol. The SMILES string of the molecule is C#Cc1ccc(-n2c(/C=C/c3c[nH]c4ccc(OC)cc34)nc(NC)c(C=C)c2=O)cc1. The lowest BCUT2D eigenvalue weighted by Gasteiger charge is -2.14. The lowest BCUT2D eigenvalue weighted by Crippen LogP contribution is -2.25. The summed E-state index contributed by atoms with van der Waals surface area (Å²) in [4.78, 5) is 21.2. The minimum absolute atomic E-state index is 0.229. The van der Waals surface area contributed by atoms with Crippen LogP contribution < -0.4 is 15.6 Å². The van der Waals surface area contributed by atoms with E-state index in [9.17, 15) is 4.79 Å². The van der Waals surface area contributed by atoms with E-state index in [2.05, 4.69) is 27.8 Å². The summed E-state index contributed by atoms with van der Waals surface area (Å²) >= 11 is 0. The number of methoxy groups -OCH3 is 1. The largest absolute Gasteiger partial charge is 0.497 e. The highest BCUT2D eigenvalue weighted by Crippen LogP contribution is 2.25. The summed E-state index contributed by atoms with van der Waals surface area (Å²) in [6, 6.07) is 13.0. The van der Waals surface area contributed by atoms with Crippen molar-refractivity contribution in [2.75, 3.05) is 19.5 Å². The van der Waals surface area contributed by atoms with Gasteiger partial charge in [-0.3, -0.25) is 9.36 Å². The van der Waals surface area contributed by atoms with Gasteiger partial charge in [0.2, 0.25) is 0 Å². The Morgan fingerprint density at radius 1 is 1.22 bits per heavy atom. The maximum absolute atomic E-state index is 13.3. The van der Waals surface area contributed by atoms with E-state index in [0.29, 0.717) is 22.9 Å². The highest BCUT2D eigenvalue weighted by molar-refractivity contribution is 5.92. The van der Waals surface area contributed by atoms with Crippen molar-refractivity contribution in [3.63, 3.8) is 0 Å². The van der Waals surface area contributed by atoms with Gasteiger partial charge in [-0.25, -0.2) is 4.98 Å². The van der Waals surface area contributed by atoms with Crippen LogP contribution in [0.1, 0.15) is 22.5 Å². The second-order valence-electron chi connectivity index (χ2n) is 7.01. The van der Waals surface area contributed by atoms with Crippen LogP contribution >= 0.6 is 0 Å². The van der Waals surface area contributed by atoms with E-state index in [1.54, 1.807) is 43.0 Å². The number of aromatic nitrogens is 3. The molecule has 2 aromatic heterocycles. The third-order valence-corrected chi connectivity index (χ3v) is 5.21. The molecule has 4 rings (SSSR count).